The van der Waals surface area contributed by atoms with Gasteiger partial charge in [0.1, 0.15) is 5.82 Å². The molecule has 1 unspecified atom stereocenters. The molecule has 0 saturated heterocycles. The number of aryl methyl sites for hydroxylation is 1. The Labute approximate surface area is 125 Å². The molecular formula is C13H12Cl2N4O. The SMILES string of the molecule is Cc1nc(Cn2c(C(C)Cl)nc3cc(Cl)ccc32)no1. The van der Waals surface area contributed by atoms with Crippen molar-refractivity contribution < 1.29 is 4.52 Å². The van der Waals surface area contributed by atoms with Crippen molar-refractivity contribution in [3.8, 4) is 0 Å². The summed E-state index contributed by atoms with van der Waals surface area (Å²) in [6.07, 6.45) is 0. The van der Waals surface area contributed by atoms with Gasteiger partial charge in [-0.25, -0.2) is 4.98 Å². The molecule has 0 spiro atoms. The third-order valence-electron chi connectivity index (χ3n) is 2.96. The molecular weight excluding hydrogens is 299 g/mol. The van der Waals surface area contributed by atoms with Crippen LogP contribution in [-0.4, -0.2) is 19.7 Å². The zero-order valence-corrected chi connectivity index (χ0v) is 12.5. The molecule has 0 aliphatic heterocycles. The van der Waals surface area contributed by atoms with Crippen LogP contribution in [0.3, 0.4) is 0 Å². The Kier molecular flexibility index (Phi) is 3.40. The molecule has 0 aliphatic rings. The van der Waals surface area contributed by atoms with E-state index in [1.54, 1.807) is 6.92 Å². The first-order valence-corrected chi connectivity index (χ1v) is 6.95. The van der Waals surface area contributed by atoms with E-state index in [1.165, 1.54) is 0 Å². The molecule has 20 heavy (non-hydrogen) atoms. The van der Waals surface area contributed by atoms with Crippen LogP contribution in [0.5, 0.6) is 0 Å². The van der Waals surface area contributed by atoms with Crippen molar-refractivity contribution in [2.24, 2.45) is 0 Å². The fourth-order valence-electron chi connectivity index (χ4n) is 2.14. The maximum atomic E-state index is 6.21. The van der Waals surface area contributed by atoms with Crippen molar-refractivity contribution in [2.75, 3.05) is 0 Å². The molecule has 2 aromatic heterocycles. The van der Waals surface area contributed by atoms with E-state index >= 15 is 0 Å². The lowest BCUT2D eigenvalue weighted by Crippen LogP contribution is -2.07. The summed E-state index contributed by atoms with van der Waals surface area (Å²) in [5, 5.41) is 4.33. The maximum Gasteiger partial charge on any atom is 0.223 e. The second-order valence-corrected chi connectivity index (χ2v) is 5.63. The van der Waals surface area contributed by atoms with Gasteiger partial charge in [0.15, 0.2) is 5.82 Å². The normalized spacial score (nSPS) is 13.0. The predicted octanol–water partition coefficient (Wildman–Crippen LogP) is 3.73. The van der Waals surface area contributed by atoms with E-state index in [2.05, 4.69) is 15.1 Å². The van der Waals surface area contributed by atoms with E-state index in [4.69, 9.17) is 27.7 Å². The van der Waals surface area contributed by atoms with Gasteiger partial charge in [-0.3, -0.25) is 0 Å². The Morgan fingerprint density at radius 3 is 2.80 bits per heavy atom. The predicted molar refractivity (Wildman–Crippen MR) is 77.1 cm³/mol. The summed E-state index contributed by atoms with van der Waals surface area (Å²) in [7, 11) is 0. The highest BCUT2D eigenvalue weighted by Crippen LogP contribution is 2.27. The minimum absolute atomic E-state index is 0.228. The van der Waals surface area contributed by atoms with Crippen molar-refractivity contribution in [3.05, 3.63) is 40.8 Å². The molecule has 0 aliphatic carbocycles. The molecule has 0 bridgehead atoms. The van der Waals surface area contributed by atoms with E-state index in [0.717, 1.165) is 16.9 Å². The minimum atomic E-state index is -0.228. The van der Waals surface area contributed by atoms with Gasteiger partial charge in [0.25, 0.3) is 0 Å². The Hall–Kier alpha value is -1.59. The number of aromatic nitrogens is 4. The summed E-state index contributed by atoms with van der Waals surface area (Å²) >= 11 is 12.2. The third-order valence-corrected chi connectivity index (χ3v) is 3.40. The number of fused-ring (bicyclic) bond motifs is 1. The van der Waals surface area contributed by atoms with Crippen LogP contribution in [0.25, 0.3) is 11.0 Å². The van der Waals surface area contributed by atoms with Crippen LogP contribution in [0.1, 0.15) is 29.8 Å². The van der Waals surface area contributed by atoms with Crippen molar-refractivity contribution in [1.29, 1.82) is 0 Å². The molecule has 1 atom stereocenters. The number of nitrogens with zero attached hydrogens (tertiary/aromatic N) is 4. The van der Waals surface area contributed by atoms with Gasteiger partial charge in [0.2, 0.25) is 5.89 Å². The summed E-state index contributed by atoms with van der Waals surface area (Å²) < 4.78 is 6.98. The average molecular weight is 311 g/mol. The number of imidazole rings is 1. The van der Waals surface area contributed by atoms with Crippen molar-refractivity contribution in [2.45, 2.75) is 25.8 Å². The van der Waals surface area contributed by atoms with Crippen molar-refractivity contribution in [1.82, 2.24) is 19.7 Å². The molecule has 0 saturated carbocycles. The molecule has 0 radical (unpaired) electrons. The van der Waals surface area contributed by atoms with E-state index in [0.29, 0.717) is 23.3 Å². The second-order valence-electron chi connectivity index (χ2n) is 4.53. The quantitative estimate of drug-likeness (QED) is 0.692. The highest BCUT2D eigenvalue weighted by Gasteiger charge is 2.17. The number of alkyl halides is 1. The molecule has 5 nitrogen and oxygen atoms in total. The van der Waals surface area contributed by atoms with Crippen LogP contribution >= 0.6 is 23.2 Å². The first kappa shape index (κ1) is 13.4. The number of halogens is 2. The Bertz CT molecular complexity index is 763. The van der Waals surface area contributed by atoms with E-state index in [-0.39, 0.29) is 5.38 Å². The van der Waals surface area contributed by atoms with Crippen LogP contribution in [0, 0.1) is 6.92 Å². The fourth-order valence-corrected chi connectivity index (χ4v) is 2.47. The Morgan fingerprint density at radius 1 is 1.35 bits per heavy atom. The summed E-state index contributed by atoms with van der Waals surface area (Å²) in [6, 6.07) is 5.56. The van der Waals surface area contributed by atoms with Crippen molar-refractivity contribution in [3.63, 3.8) is 0 Å². The minimum Gasteiger partial charge on any atom is -0.340 e. The standard InChI is InChI=1S/C13H12Cl2N4O/c1-7(14)13-17-10-5-9(15)3-4-11(10)19(13)6-12-16-8(2)20-18-12/h3-5,7H,6H2,1-2H3. The zero-order chi connectivity index (χ0) is 14.3. The fraction of sp³-hybridized carbons (Fsp3) is 0.308. The largest absolute Gasteiger partial charge is 0.340 e. The molecule has 104 valence electrons. The molecule has 3 rings (SSSR count). The van der Waals surface area contributed by atoms with Gasteiger partial charge >= 0.3 is 0 Å². The molecule has 0 fully saturated rings. The topological polar surface area (TPSA) is 56.7 Å². The zero-order valence-electron chi connectivity index (χ0n) is 11.0. The van der Waals surface area contributed by atoms with E-state index in [1.807, 2.05) is 29.7 Å². The van der Waals surface area contributed by atoms with E-state index < -0.39 is 0 Å². The number of benzene rings is 1. The van der Waals surface area contributed by atoms with Gasteiger partial charge < -0.3 is 9.09 Å². The summed E-state index contributed by atoms with van der Waals surface area (Å²) in [6.45, 7) is 4.09. The second kappa shape index (κ2) is 5.07. The number of hydrogen-bond donors (Lipinski definition) is 0. The number of hydrogen-bond acceptors (Lipinski definition) is 4. The number of rotatable bonds is 3. The van der Waals surface area contributed by atoms with Crippen molar-refractivity contribution >= 4 is 34.2 Å². The van der Waals surface area contributed by atoms with E-state index in [9.17, 15) is 0 Å². The van der Waals surface area contributed by atoms with Gasteiger partial charge in [-0.05, 0) is 25.1 Å². The molecule has 0 amide bonds. The van der Waals surface area contributed by atoms with Gasteiger partial charge in [0.05, 0.1) is 23.0 Å². The molecule has 1 aromatic carbocycles. The van der Waals surface area contributed by atoms with Crippen LogP contribution in [0.2, 0.25) is 5.02 Å². The van der Waals surface area contributed by atoms with Gasteiger partial charge in [-0.2, -0.15) is 4.98 Å². The molecule has 3 aromatic rings. The van der Waals surface area contributed by atoms with Crippen LogP contribution in [0.4, 0.5) is 0 Å². The Morgan fingerprint density at radius 2 is 2.15 bits per heavy atom. The summed E-state index contributed by atoms with van der Waals surface area (Å²) in [4.78, 5) is 8.75. The van der Waals surface area contributed by atoms with Gasteiger partial charge in [0, 0.05) is 11.9 Å². The van der Waals surface area contributed by atoms with Crippen LogP contribution in [-0.2, 0) is 6.54 Å². The third kappa shape index (κ3) is 2.39. The average Bonchev–Trinajstić information content (AvgIpc) is 2.94. The first-order valence-electron chi connectivity index (χ1n) is 6.13. The Balaban J connectivity index is 2.13. The molecule has 0 N–H and O–H groups in total. The molecule has 2 heterocycles. The first-order chi connectivity index (χ1) is 9.54. The lowest BCUT2D eigenvalue weighted by Gasteiger charge is -2.07. The summed E-state index contributed by atoms with van der Waals surface area (Å²) in [5.41, 5.74) is 1.75. The van der Waals surface area contributed by atoms with Gasteiger partial charge in [-0.1, -0.05) is 16.8 Å². The summed E-state index contributed by atoms with van der Waals surface area (Å²) in [5.74, 6) is 1.88. The lowest BCUT2D eigenvalue weighted by atomic mass is 10.3. The highest BCUT2D eigenvalue weighted by molar-refractivity contribution is 6.31. The smallest absolute Gasteiger partial charge is 0.223 e. The van der Waals surface area contributed by atoms with Gasteiger partial charge in [-0.15, -0.1) is 11.6 Å². The lowest BCUT2D eigenvalue weighted by molar-refractivity contribution is 0.386. The molecule has 7 heteroatoms. The van der Waals surface area contributed by atoms with Crippen LogP contribution < -0.4 is 0 Å². The highest BCUT2D eigenvalue weighted by atomic mass is 35.5. The monoisotopic (exact) mass is 310 g/mol. The van der Waals surface area contributed by atoms with Crippen LogP contribution in [0.15, 0.2) is 22.7 Å². The maximum absolute atomic E-state index is 6.21.